The van der Waals surface area contributed by atoms with Crippen LogP contribution in [0.2, 0.25) is 0 Å². The number of carbonyl (C=O) groups is 1. The van der Waals surface area contributed by atoms with Gasteiger partial charge in [0.2, 0.25) is 0 Å². The fourth-order valence-corrected chi connectivity index (χ4v) is 3.44. The number of carbonyl (C=O) groups excluding carboxylic acids is 1. The largest absolute Gasteiger partial charge is 0.371 e. The SMILES string of the molecule is Cc1nc(CNC(=O)NC[C@H]2CCN(c3ccccc3)C2)cs1. The first-order valence-electron chi connectivity index (χ1n) is 7.93. The Kier molecular flexibility index (Phi) is 5.12. The highest BCUT2D eigenvalue weighted by atomic mass is 32.1. The van der Waals surface area contributed by atoms with E-state index in [1.807, 2.05) is 18.4 Å². The number of hydrogen-bond acceptors (Lipinski definition) is 4. The number of nitrogens with one attached hydrogen (secondary N) is 2. The number of aromatic nitrogens is 1. The first-order valence-corrected chi connectivity index (χ1v) is 8.81. The predicted octanol–water partition coefficient (Wildman–Crippen LogP) is 2.78. The highest BCUT2D eigenvalue weighted by Gasteiger charge is 2.22. The third kappa shape index (κ3) is 4.45. The lowest BCUT2D eigenvalue weighted by Gasteiger charge is -2.18. The first kappa shape index (κ1) is 15.8. The summed E-state index contributed by atoms with van der Waals surface area (Å²) in [6.07, 6.45) is 1.11. The van der Waals surface area contributed by atoms with E-state index in [1.165, 1.54) is 5.69 Å². The van der Waals surface area contributed by atoms with E-state index in [0.717, 1.165) is 30.2 Å². The van der Waals surface area contributed by atoms with Crippen molar-refractivity contribution in [2.75, 3.05) is 24.5 Å². The third-order valence-electron chi connectivity index (χ3n) is 4.06. The minimum Gasteiger partial charge on any atom is -0.371 e. The number of para-hydroxylation sites is 1. The number of nitrogens with zero attached hydrogens (tertiary/aromatic N) is 2. The summed E-state index contributed by atoms with van der Waals surface area (Å²) in [5.41, 5.74) is 2.18. The Balaban J connectivity index is 1.38. The quantitative estimate of drug-likeness (QED) is 0.886. The molecule has 3 rings (SSSR count). The van der Waals surface area contributed by atoms with Gasteiger partial charge in [0, 0.05) is 30.7 Å². The second-order valence-electron chi connectivity index (χ2n) is 5.86. The molecule has 1 aliphatic heterocycles. The van der Waals surface area contributed by atoms with Crippen LogP contribution < -0.4 is 15.5 Å². The van der Waals surface area contributed by atoms with E-state index in [-0.39, 0.29) is 6.03 Å². The number of anilines is 1. The number of thiazole rings is 1. The van der Waals surface area contributed by atoms with Gasteiger partial charge in [-0.1, -0.05) is 18.2 Å². The molecule has 0 unspecified atom stereocenters. The Labute approximate surface area is 140 Å². The molecule has 1 aromatic heterocycles. The number of amides is 2. The van der Waals surface area contributed by atoms with E-state index < -0.39 is 0 Å². The Morgan fingerprint density at radius 2 is 2.17 bits per heavy atom. The van der Waals surface area contributed by atoms with Gasteiger partial charge in [-0.3, -0.25) is 0 Å². The molecule has 2 aromatic rings. The summed E-state index contributed by atoms with van der Waals surface area (Å²) in [7, 11) is 0. The van der Waals surface area contributed by atoms with Gasteiger partial charge in [-0.15, -0.1) is 11.3 Å². The maximum Gasteiger partial charge on any atom is 0.315 e. The number of rotatable bonds is 5. The Morgan fingerprint density at radius 3 is 2.91 bits per heavy atom. The summed E-state index contributed by atoms with van der Waals surface area (Å²) in [5, 5.41) is 8.83. The molecule has 2 heterocycles. The third-order valence-corrected chi connectivity index (χ3v) is 4.88. The molecular formula is C17H22N4OS. The number of aryl methyl sites for hydroxylation is 1. The van der Waals surface area contributed by atoms with Crippen LogP contribution in [-0.2, 0) is 6.54 Å². The van der Waals surface area contributed by atoms with Gasteiger partial charge in [-0.05, 0) is 31.4 Å². The van der Waals surface area contributed by atoms with Gasteiger partial charge in [0.25, 0.3) is 0 Å². The van der Waals surface area contributed by atoms with Crippen molar-refractivity contribution in [2.45, 2.75) is 19.9 Å². The first-order chi connectivity index (χ1) is 11.2. The molecule has 122 valence electrons. The number of urea groups is 1. The maximum atomic E-state index is 11.9. The molecule has 1 saturated heterocycles. The Morgan fingerprint density at radius 1 is 1.35 bits per heavy atom. The lowest BCUT2D eigenvalue weighted by molar-refractivity contribution is 0.239. The molecule has 0 bridgehead atoms. The maximum absolute atomic E-state index is 11.9. The van der Waals surface area contributed by atoms with Gasteiger partial charge >= 0.3 is 6.03 Å². The van der Waals surface area contributed by atoms with Gasteiger partial charge in [0.05, 0.1) is 17.2 Å². The number of hydrogen-bond donors (Lipinski definition) is 2. The molecule has 23 heavy (non-hydrogen) atoms. The van der Waals surface area contributed by atoms with Gasteiger partial charge in [0.1, 0.15) is 0 Å². The van der Waals surface area contributed by atoms with Gasteiger partial charge in [-0.25, -0.2) is 9.78 Å². The minimum atomic E-state index is -0.117. The molecule has 2 amide bonds. The predicted molar refractivity (Wildman–Crippen MR) is 93.9 cm³/mol. The normalized spacial score (nSPS) is 17.3. The average Bonchev–Trinajstić information content (AvgIpc) is 3.21. The van der Waals surface area contributed by atoms with E-state index in [1.54, 1.807) is 11.3 Å². The van der Waals surface area contributed by atoms with Crippen molar-refractivity contribution >= 4 is 23.1 Å². The van der Waals surface area contributed by atoms with Gasteiger partial charge in [0.15, 0.2) is 0 Å². The second-order valence-corrected chi connectivity index (χ2v) is 6.92. The van der Waals surface area contributed by atoms with Crippen LogP contribution >= 0.6 is 11.3 Å². The zero-order chi connectivity index (χ0) is 16.1. The molecule has 0 spiro atoms. The van der Waals surface area contributed by atoms with Crippen LogP contribution in [0.15, 0.2) is 35.7 Å². The summed E-state index contributed by atoms with van der Waals surface area (Å²) < 4.78 is 0. The van der Waals surface area contributed by atoms with Crippen LogP contribution in [0.4, 0.5) is 10.5 Å². The summed E-state index contributed by atoms with van der Waals surface area (Å²) in [4.78, 5) is 18.6. The van der Waals surface area contributed by atoms with Crippen molar-refractivity contribution in [3.8, 4) is 0 Å². The van der Waals surface area contributed by atoms with E-state index in [9.17, 15) is 4.79 Å². The molecule has 0 aliphatic carbocycles. The van der Waals surface area contributed by atoms with Crippen molar-refractivity contribution in [1.29, 1.82) is 0 Å². The van der Waals surface area contributed by atoms with Crippen molar-refractivity contribution in [3.05, 3.63) is 46.4 Å². The summed E-state index contributed by atoms with van der Waals surface area (Å²) in [6, 6.07) is 10.3. The highest BCUT2D eigenvalue weighted by molar-refractivity contribution is 7.09. The van der Waals surface area contributed by atoms with E-state index in [4.69, 9.17) is 0 Å². The Bertz CT molecular complexity index is 643. The molecule has 0 radical (unpaired) electrons. The molecule has 2 N–H and O–H groups in total. The summed E-state index contributed by atoms with van der Waals surface area (Å²) >= 11 is 1.60. The second kappa shape index (κ2) is 7.46. The van der Waals surface area contributed by atoms with Gasteiger partial charge in [-0.2, -0.15) is 0 Å². The van der Waals surface area contributed by atoms with Crippen LogP contribution in [0.1, 0.15) is 17.1 Å². The van der Waals surface area contributed by atoms with Crippen molar-refractivity contribution in [2.24, 2.45) is 5.92 Å². The lowest BCUT2D eigenvalue weighted by atomic mass is 10.1. The van der Waals surface area contributed by atoms with Crippen LogP contribution in [0.25, 0.3) is 0 Å². The average molecular weight is 330 g/mol. The summed E-state index contributed by atoms with van der Waals surface area (Å²) in [6.45, 7) is 5.21. The monoisotopic (exact) mass is 330 g/mol. The van der Waals surface area contributed by atoms with E-state index in [0.29, 0.717) is 19.0 Å². The van der Waals surface area contributed by atoms with Crippen LogP contribution in [0.3, 0.4) is 0 Å². The molecule has 1 fully saturated rings. The standard InChI is InChI=1S/C17H22N4OS/c1-13-20-15(12-23-13)10-19-17(22)18-9-14-7-8-21(11-14)16-5-3-2-4-6-16/h2-6,12,14H,7-11H2,1H3,(H2,18,19,22)/t14-/m1/s1. The van der Waals surface area contributed by atoms with E-state index in [2.05, 4.69) is 44.8 Å². The highest BCUT2D eigenvalue weighted by Crippen LogP contribution is 2.22. The molecule has 0 saturated carbocycles. The van der Waals surface area contributed by atoms with Crippen LogP contribution in [0, 0.1) is 12.8 Å². The Hall–Kier alpha value is -2.08. The van der Waals surface area contributed by atoms with Gasteiger partial charge < -0.3 is 15.5 Å². The van der Waals surface area contributed by atoms with E-state index >= 15 is 0 Å². The minimum absolute atomic E-state index is 0.117. The molecule has 1 aromatic carbocycles. The fraction of sp³-hybridized carbons (Fsp3) is 0.412. The molecule has 6 heteroatoms. The lowest BCUT2D eigenvalue weighted by Crippen LogP contribution is -2.38. The zero-order valence-corrected chi connectivity index (χ0v) is 14.1. The number of benzene rings is 1. The topological polar surface area (TPSA) is 57.3 Å². The zero-order valence-electron chi connectivity index (χ0n) is 13.3. The van der Waals surface area contributed by atoms with Crippen LogP contribution in [0.5, 0.6) is 0 Å². The molecule has 1 aliphatic rings. The molecule has 1 atom stereocenters. The van der Waals surface area contributed by atoms with Crippen LogP contribution in [-0.4, -0.2) is 30.6 Å². The fourth-order valence-electron chi connectivity index (χ4n) is 2.83. The van der Waals surface area contributed by atoms with Crippen molar-refractivity contribution in [1.82, 2.24) is 15.6 Å². The van der Waals surface area contributed by atoms with Crippen molar-refractivity contribution in [3.63, 3.8) is 0 Å². The molecular weight excluding hydrogens is 308 g/mol. The summed E-state index contributed by atoms with van der Waals surface area (Å²) in [5.74, 6) is 0.502. The van der Waals surface area contributed by atoms with Crippen molar-refractivity contribution < 1.29 is 4.79 Å². The molecule has 5 nitrogen and oxygen atoms in total. The smallest absolute Gasteiger partial charge is 0.315 e.